The molecule has 1 aromatic heterocycles. The fourth-order valence-electron chi connectivity index (χ4n) is 2.98. The van der Waals surface area contributed by atoms with Crippen molar-refractivity contribution < 1.29 is 0 Å². The van der Waals surface area contributed by atoms with Gasteiger partial charge in [0.2, 0.25) is 0 Å². The molecule has 0 amide bonds. The van der Waals surface area contributed by atoms with Gasteiger partial charge in [0.05, 0.1) is 6.04 Å². The average molecular weight is 266 g/mol. The summed E-state index contributed by atoms with van der Waals surface area (Å²) in [5, 5.41) is 3.41. The maximum Gasteiger partial charge on any atom is 0.0575 e. The first-order valence-corrected chi connectivity index (χ1v) is 7.47. The van der Waals surface area contributed by atoms with Crippen LogP contribution in [-0.2, 0) is 0 Å². The van der Waals surface area contributed by atoms with Gasteiger partial charge in [-0.15, -0.1) is 0 Å². The summed E-state index contributed by atoms with van der Waals surface area (Å²) >= 11 is 0. The van der Waals surface area contributed by atoms with Crippen LogP contribution in [0, 0.1) is 6.92 Å². The van der Waals surface area contributed by atoms with E-state index in [2.05, 4.69) is 46.7 Å². The minimum absolute atomic E-state index is 0.243. The van der Waals surface area contributed by atoms with Crippen LogP contribution < -0.4 is 5.32 Å². The van der Waals surface area contributed by atoms with Crippen molar-refractivity contribution in [3.05, 3.63) is 65.0 Å². The zero-order chi connectivity index (χ0) is 13.9. The van der Waals surface area contributed by atoms with E-state index in [0.29, 0.717) is 0 Å². The fourth-order valence-corrected chi connectivity index (χ4v) is 2.98. The Labute approximate surface area is 121 Å². The van der Waals surface area contributed by atoms with Gasteiger partial charge in [0.15, 0.2) is 0 Å². The Hall–Kier alpha value is -1.67. The molecule has 0 saturated heterocycles. The molecular formula is C18H22N2. The molecule has 1 aromatic carbocycles. The van der Waals surface area contributed by atoms with Crippen LogP contribution >= 0.6 is 0 Å². The lowest BCUT2D eigenvalue weighted by Crippen LogP contribution is -2.18. The van der Waals surface area contributed by atoms with E-state index in [1.807, 2.05) is 20.2 Å². The van der Waals surface area contributed by atoms with Crippen molar-refractivity contribution >= 4 is 0 Å². The van der Waals surface area contributed by atoms with Gasteiger partial charge in [-0.1, -0.05) is 30.7 Å². The number of hydrogen-bond donors (Lipinski definition) is 1. The maximum atomic E-state index is 4.28. The van der Waals surface area contributed by atoms with Crippen LogP contribution in [0.2, 0.25) is 0 Å². The lowest BCUT2D eigenvalue weighted by Gasteiger charge is -2.26. The quantitative estimate of drug-likeness (QED) is 0.906. The third-order valence-electron chi connectivity index (χ3n) is 4.39. The summed E-state index contributed by atoms with van der Waals surface area (Å²) in [7, 11) is 2.01. The molecule has 0 bridgehead atoms. The fraction of sp³-hybridized carbons (Fsp3) is 0.389. The average Bonchev–Trinajstić information content (AvgIpc) is 2.40. The van der Waals surface area contributed by atoms with Crippen molar-refractivity contribution in [1.82, 2.24) is 10.3 Å². The van der Waals surface area contributed by atoms with Crippen LogP contribution in [0.5, 0.6) is 0 Å². The zero-order valence-electron chi connectivity index (χ0n) is 12.3. The highest BCUT2D eigenvalue weighted by Crippen LogP contribution is 2.36. The molecule has 1 unspecified atom stereocenters. The van der Waals surface area contributed by atoms with Gasteiger partial charge in [0.25, 0.3) is 0 Å². The molecule has 104 valence electrons. The van der Waals surface area contributed by atoms with E-state index in [4.69, 9.17) is 0 Å². The van der Waals surface area contributed by atoms with Crippen LogP contribution in [0.4, 0.5) is 0 Å². The second-order valence-corrected chi connectivity index (χ2v) is 5.75. The first kappa shape index (κ1) is 13.3. The summed E-state index contributed by atoms with van der Waals surface area (Å²) < 4.78 is 0. The second kappa shape index (κ2) is 5.76. The molecule has 0 radical (unpaired) electrons. The van der Waals surface area contributed by atoms with Gasteiger partial charge in [-0.05, 0) is 61.6 Å². The highest BCUT2D eigenvalue weighted by Gasteiger charge is 2.20. The zero-order valence-corrected chi connectivity index (χ0v) is 12.3. The van der Waals surface area contributed by atoms with Crippen LogP contribution in [0.1, 0.15) is 53.6 Å². The molecule has 1 N–H and O–H groups in total. The Morgan fingerprint density at radius 1 is 1.10 bits per heavy atom. The summed E-state index contributed by atoms with van der Waals surface area (Å²) in [6.45, 7) is 2.04. The molecule has 1 heterocycles. The largest absolute Gasteiger partial charge is 0.309 e. The Bertz CT molecular complexity index is 570. The Balaban J connectivity index is 1.85. The summed E-state index contributed by atoms with van der Waals surface area (Å²) in [6.07, 6.45) is 6.00. The van der Waals surface area contributed by atoms with Crippen molar-refractivity contribution in [2.24, 2.45) is 0 Å². The minimum atomic E-state index is 0.243. The maximum absolute atomic E-state index is 4.28. The molecule has 0 aliphatic heterocycles. The van der Waals surface area contributed by atoms with Crippen LogP contribution in [0.25, 0.3) is 0 Å². The van der Waals surface area contributed by atoms with Gasteiger partial charge < -0.3 is 5.32 Å². The van der Waals surface area contributed by atoms with Crippen molar-refractivity contribution in [2.45, 2.75) is 38.1 Å². The summed E-state index contributed by atoms with van der Waals surface area (Å²) in [6, 6.07) is 13.6. The molecule has 20 heavy (non-hydrogen) atoms. The van der Waals surface area contributed by atoms with E-state index in [1.165, 1.54) is 36.0 Å². The summed E-state index contributed by atoms with van der Waals surface area (Å²) in [4.78, 5) is 4.28. The standard InChI is InChI=1S/C18H22N2/c1-13-12-17(10-11-20-13)18(19-2)16-8-6-15(7-9-16)14-4-3-5-14/h6-12,14,18-19H,3-5H2,1-2H3. The Morgan fingerprint density at radius 3 is 2.40 bits per heavy atom. The molecular weight excluding hydrogens is 244 g/mol. The summed E-state index contributed by atoms with van der Waals surface area (Å²) in [5.41, 5.74) is 5.16. The predicted octanol–water partition coefficient (Wildman–Crippen LogP) is 3.97. The molecule has 2 heteroatoms. The van der Waals surface area contributed by atoms with Crippen molar-refractivity contribution in [2.75, 3.05) is 7.05 Å². The molecule has 2 nitrogen and oxygen atoms in total. The van der Waals surface area contributed by atoms with E-state index in [-0.39, 0.29) is 6.04 Å². The number of hydrogen-bond acceptors (Lipinski definition) is 2. The van der Waals surface area contributed by atoms with Gasteiger partial charge in [-0.2, -0.15) is 0 Å². The number of benzene rings is 1. The van der Waals surface area contributed by atoms with Crippen molar-refractivity contribution in [3.63, 3.8) is 0 Å². The van der Waals surface area contributed by atoms with Gasteiger partial charge in [0, 0.05) is 11.9 Å². The molecule has 0 spiro atoms. The normalized spacial score (nSPS) is 16.7. The number of aryl methyl sites for hydroxylation is 1. The lowest BCUT2D eigenvalue weighted by atomic mass is 9.79. The third-order valence-corrected chi connectivity index (χ3v) is 4.39. The first-order valence-electron chi connectivity index (χ1n) is 7.47. The SMILES string of the molecule is CNC(c1ccc(C2CCC2)cc1)c1ccnc(C)c1. The highest BCUT2D eigenvalue weighted by molar-refractivity contribution is 5.35. The highest BCUT2D eigenvalue weighted by atomic mass is 14.9. The number of rotatable bonds is 4. The second-order valence-electron chi connectivity index (χ2n) is 5.75. The number of pyridine rings is 1. The van der Waals surface area contributed by atoms with Gasteiger partial charge in [-0.25, -0.2) is 0 Å². The lowest BCUT2D eigenvalue weighted by molar-refractivity contribution is 0.419. The van der Waals surface area contributed by atoms with Crippen LogP contribution in [-0.4, -0.2) is 12.0 Å². The molecule has 2 aromatic rings. The molecule has 1 atom stereocenters. The van der Waals surface area contributed by atoms with Crippen LogP contribution in [0.3, 0.4) is 0 Å². The van der Waals surface area contributed by atoms with E-state index in [0.717, 1.165) is 11.6 Å². The molecule has 1 saturated carbocycles. The Kier molecular flexibility index (Phi) is 3.83. The van der Waals surface area contributed by atoms with E-state index >= 15 is 0 Å². The first-order chi connectivity index (χ1) is 9.78. The van der Waals surface area contributed by atoms with E-state index in [9.17, 15) is 0 Å². The minimum Gasteiger partial charge on any atom is -0.309 e. The van der Waals surface area contributed by atoms with Gasteiger partial charge in [0.1, 0.15) is 0 Å². The number of aromatic nitrogens is 1. The third kappa shape index (κ3) is 2.61. The van der Waals surface area contributed by atoms with E-state index < -0.39 is 0 Å². The number of nitrogens with one attached hydrogen (secondary N) is 1. The monoisotopic (exact) mass is 266 g/mol. The Morgan fingerprint density at radius 2 is 1.85 bits per heavy atom. The smallest absolute Gasteiger partial charge is 0.0575 e. The van der Waals surface area contributed by atoms with Gasteiger partial charge >= 0.3 is 0 Å². The topological polar surface area (TPSA) is 24.9 Å². The van der Waals surface area contributed by atoms with E-state index in [1.54, 1.807) is 0 Å². The van der Waals surface area contributed by atoms with Crippen molar-refractivity contribution in [3.8, 4) is 0 Å². The molecule has 1 aliphatic rings. The molecule has 3 rings (SSSR count). The van der Waals surface area contributed by atoms with Gasteiger partial charge in [-0.3, -0.25) is 4.98 Å². The van der Waals surface area contributed by atoms with Crippen molar-refractivity contribution in [1.29, 1.82) is 0 Å². The summed E-state index contributed by atoms with van der Waals surface area (Å²) in [5.74, 6) is 0.806. The number of nitrogens with zero attached hydrogens (tertiary/aromatic N) is 1. The van der Waals surface area contributed by atoms with Crippen LogP contribution in [0.15, 0.2) is 42.6 Å². The predicted molar refractivity (Wildman–Crippen MR) is 82.9 cm³/mol. The molecule has 1 aliphatic carbocycles. The molecule has 1 fully saturated rings.